The Morgan fingerprint density at radius 1 is 1.29 bits per heavy atom. The Balaban J connectivity index is 3.56. The molecule has 0 saturated carbocycles. The second-order valence-corrected chi connectivity index (χ2v) is 5.18. The van der Waals surface area contributed by atoms with Gasteiger partial charge < -0.3 is 14.6 Å². The molecule has 0 saturated heterocycles. The fourth-order valence-electron chi connectivity index (χ4n) is 1.56. The first-order valence-electron chi connectivity index (χ1n) is 5.10. The topological polar surface area (TPSA) is 38.7 Å². The van der Waals surface area contributed by atoms with Gasteiger partial charge in [-0.1, -0.05) is 13.8 Å². The van der Waals surface area contributed by atoms with Crippen LogP contribution in [0.15, 0.2) is 10.5 Å². The van der Waals surface area contributed by atoms with Crippen LogP contribution < -0.4 is 9.47 Å². The maximum atomic E-state index is 13.8. The summed E-state index contributed by atoms with van der Waals surface area (Å²) in [4.78, 5) is 0. The number of aliphatic hydroxyl groups is 1. The van der Waals surface area contributed by atoms with Crippen LogP contribution >= 0.6 is 15.9 Å². The summed E-state index contributed by atoms with van der Waals surface area (Å²) in [6.45, 7) is 3.61. The van der Waals surface area contributed by atoms with Crippen molar-refractivity contribution in [2.75, 3.05) is 20.8 Å². The summed E-state index contributed by atoms with van der Waals surface area (Å²) < 4.78 is 24.3. The molecule has 0 amide bonds. The molecule has 0 heterocycles. The van der Waals surface area contributed by atoms with E-state index in [0.717, 1.165) is 0 Å². The van der Waals surface area contributed by atoms with Gasteiger partial charge in [0.15, 0.2) is 17.3 Å². The fraction of sp³-hybridized carbons (Fsp3) is 0.500. The van der Waals surface area contributed by atoms with Crippen LogP contribution in [0.2, 0.25) is 0 Å². The zero-order chi connectivity index (χ0) is 13.2. The number of hydrogen-bond acceptors (Lipinski definition) is 3. The van der Waals surface area contributed by atoms with Gasteiger partial charge in [0.1, 0.15) is 0 Å². The SMILES string of the molecule is COc1c(C(C)(C)CO)cc(Br)c(F)c1OC. The molecule has 96 valence electrons. The van der Waals surface area contributed by atoms with E-state index in [1.54, 1.807) is 6.07 Å². The third-order valence-corrected chi connectivity index (χ3v) is 3.24. The highest BCUT2D eigenvalue weighted by atomic mass is 79.9. The van der Waals surface area contributed by atoms with E-state index in [1.807, 2.05) is 13.8 Å². The van der Waals surface area contributed by atoms with Gasteiger partial charge in [-0.25, -0.2) is 4.39 Å². The van der Waals surface area contributed by atoms with Gasteiger partial charge in [0.2, 0.25) is 0 Å². The van der Waals surface area contributed by atoms with E-state index in [4.69, 9.17) is 9.47 Å². The Morgan fingerprint density at radius 2 is 1.82 bits per heavy atom. The molecule has 0 atom stereocenters. The van der Waals surface area contributed by atoms with E-state index in [0.29, 0.717) is 11.3 Å². The van der Waals surface area contributed by atoms with Gasteiger partial charge in [0.25, 0.3) is 0 Å². The molecule has 0 aliphatic carbocycles. The zero-order valence-electron chi connectivity index (χ0n) is 10.3. The molecule has 1 rings (SSSR count). The van der Waals surface area contributed by atoms with Crippen molar-refractivity contribution in [3.8, 4) is 11.5 Å². The number of aliphatic hydroxyl groups excluding tert-OH is 1. The Bertz CT molecular complexity index is 419. The minimum Gasteiger partial charge on any atom is -0.492 e. The first-order chi connectivity index (χ1) is 7.88. The molecular formula is C12H16BrFO3. The Labute approximate surface area is 109 Å². The highest BCUT2D eigenvalue weighted by Crippen LogP contribution is 2.43. The lowest BCUT2D eigenvalue weighted by molar-refractivity contribution is 0.213. The van der Waals surface area contributed by atoms with Gasteiger partial charge in [-0.3, -0.25) is 0 Å². The standard InChI is InChI=1S/C12H16BrFO3/c1-12(2,6-15)7-5-8(13)9(14)11(17-4)10(7)16-3/h5,15H,6H2,1-4H3. The summed E-state index contributed by atoms with van der Waals surface area (Å²) >= 11 is 3.13. The first-order valence-corrected chi connectivity index (χ1v) is 5.89. The van der Waals surface area contributed by atoms with Crippen molar-refractivity contribution in [2.24, 2.45) is 0 Å². The van der Waals surface area contributed by atoms with Crippen LogP contribution in [-0.4, -0.2) is 25.9 Å². The summed E-state index contributed by atoms with van der Waals surface area (Å²) in [5.74, 6) is -0.160. The van der Waals surface area contributed by atoms with Crippen LogP contribution in [-0.2, 0) is 5.41 Å². The predicted molar refractivity (Wildman–Crippen MR) is 67.3 cm³/mol. The largest absolute Gasteiger partial charge is 0.492 e. The van der Waals surface area contributed by atoms with Gasteiger partial charge in [-0.15, -0.1) is 0 Å². The molecule has 0 radical (unpaired) electrons. The van der Waals surface area contributed by atoms with Crippen LogP contribution in [0.25, 0.3) is 0 Å². The van der Waals surface area contributed by atoms with Crippen LogP contribution in [0.4, 0.5) is 4.39 Å². The molecule has 0 aliphatic heterocycles. The fourth-order valence-corrected chi connectivity index (χ4v) is 1.97. The Morgan fingerprint density at radius 3 is 2.24 bits per heavy atom. The minimum absolute atomic E-state index is 0.0402. The zero-order valence-corrected chi connectivity index (χ0v) is 11.9. The lowest BCUT2D eigenvalue weighted by atomic mass is 9.84. The molecule has 0 unspecified atom stereocenters. The van der Waals surface area contributed by atoms with E-state index < -0.39 is 11.2 Å². The van der Waals surface area contributed by atoms with E-state index in [2.05, 4.69) is 15.9 Å². The molecule has 1 aromatic carbocycles. The molecule has 0 fully saturated rings. The highest BCUT2D eigenvalue weighted by Gasteiger charge is 2.29. The van der Waals surface area contributed by atoms with Gasteiger partial charge in [-0.2, -0.15) is 0 Å². The summed E-state index contributed by atoms with van der Waals surface area (Å²) in [5.41, 5.74) is 0.141. The molecule has 5 heteroatoms. The molecule has 0 aliphatic rings. The van der Waals surface area contributed by atoms with Crippen LogP contribution in [0.1, 0.15) is 19.4 Å². The van der Waals surface area contributed by atoms with Gasteiger partial charge in [-0.05, 0) is 22.0 Å². The van der Waals surface area contributed by atoms with Crippen molar-refractivity contribution in [3.05, 3.63) is 21.9 Å². The minimum atomic E-state index is -0.547. The quantitative estimate of drug-likeness (QED) is 0.929. The molecule has 0 bridgehead atoms. The number of benzene rings is 1. The first kappa shape index (κ1) is 14.3. The van der Waals surface area contributed by atoms with Gasteiger partial charge in [0, 0.05) is 11.0 Å². The van der Waals surface area contributed by atoms with Crippen LogP contribution in [0.5, 0.6) is 11.5 Å². The van der Waals surface area contributed by atoms with Crippen molar-refractivity contribution in [1.82, 2.24) is 0 Å². The van der Waals surface area contributed by atoms with Crippen molar-refractivity contribution in [1.29, 1.82) is 0 Å². The average Bonchev–Trinajstić information content (AvgIpc) is 2.31. The molecule has 17 heavy (non-hydrogen) atoms. The molecule has 3 nitrogen and oxygen atoms in total. The summed E-state index contributed by atoms with van der Waals surface area (Å²) in [6.07, 6.45) is 0. The van der Waals surface area contributed by atoms with Crippen molar-refractivity contribution in [2.45, 2.75) is 19.3 Å². The Hall–Kier alpha value is -0.810. The molecule has 1 N–H and O–H groups in total. The molecule has 1 aromatic rings. The van der Waals surface area contributed by atoms with Crippen LogP contribution in [0, 0.1) is 5.82 Å². The van der Waals surface area contributed by atoms with E-state index >= 15 is 0 Å². The number of ether oxygens (including phenoxy) is 2. The van der Waals surface area contributed by atoms with Gasteiger partial charge >= 0.3 is 0 Å². The van der Waals surface area contributed by atoms with E-state index in [-0.39, 0.29) is 16.8 Å². The predicted octanol–water partition coefficient (Wildman–Crippen LogP) is 2.88. The average molecular weight is 307 g/mol. The Kier molecular flexibility index (Phi) is 4.38. The highest BCUT2D eigenvalue weighted by molar-refractivity contribution is 9.10. The third kappa shape index (κ3) is 2.55. The number of rotatable bonds is 4. The second-order valence-electron chi connectivity index (χ2n) is 4.33. The normalized spacial score (nSPS) is 11.5. The third-order valence-electron chi connectivity index (χ3n) is 2.66. The summed E-state index contributed by atoms with van der Waals surface area (Å²) in [7, 11) is 2.82. The molecule has 0 spiro atoms. The lowest BCUT2D eigenvalue weighted by Gasteiger charge is -2.26. The van der Waals surface area contributed by atoms with E-state index in [1.165, 1.54) is 14.2 Å². The van der Waals surface area contributed by atoms with Crippen molar-refractivity contribution in [3.63, 3.8) is 0 Å². The number of hydrogen-bond donors (Lipinski definition) is 1. The molecular weight excluding hydrogens is 291 g/mol. The number of methoxy groups -OCH3 is 2. The second kappa shape index (κ2) is 5.23. The van der Waals surface area contributed by atoms with Crippen molar-refractivity contribution >= 4 is 15.9 Å². The van der Waals surface area contributed by atoms with E-state index in [9.17, 15) is 9.50 Å². The molecule has 0 aromatic heterocycles. The monoisotopic (exact) mass is 306 g/mol. The summed E-state index contributed by atoms with van der Waals surface area (Å²) in [6, 6.07) is 1.60. The van der Waals surface area contributed by atoms with Gasteiger partial charge in [0.05, 0.1) is 25.3 Å². The number of halogens is 2. The summed E-state index contributed by atoms with van der Waals surface area (Å²) in [5, 5.41) is 9.39. The van der Waals surface area contributed by atoms with Crippen molar-refractivity contribution < 1.29 is 19.0 Å². The maximum Gasteiger partial charge on any atom is 0.198 e. The lowest BCUT2D eigenvalue weighted by Crippen LogP contribution is -2.23. The van der Waals surface area contributed by atoms with Crippen LogP contribution in [0.3, 0.4) is 0 Å². The smallest absolute Gasteiger partial charge is 0.198 e. The maximum absolute atomic E-state index is 13.8.